The number of morpholine rings is 2. The molecule has 1 aromatic carbocycles. The second kappa shape index (κ2) is 7.59. The van der Waals surface area contributed by atoms with Crippen LogP contribution in [-0.4, -0.2) is 61.5 Å². The van der Waals surface area contributed by atoms with Gasteiger partial charge in [0.2, 0.25) is 0 Å². The summed E-state index contributed by atoms with van der Waals surface area (Å²) in [7, 11) is 0. The van der Waals surface area contributed by atoms with E-state index in [0.29, 0.717) is 32.6 Å². The Bertz CT molecular complexity index is 694. The highest BCUT2D eigenvalue weighted by Gasteiger charge is 2.38. The number of nitrogens with zero attached hydrogens (tertiary/aromatic N) is 2. The first-order chi connectivity index (χ1) is 12.7. The molecule has 27 heavy (non-hydrogen) atoms. The van der Waals surface area contributed by atoms with Gasteiger partial charge in [0.15, 0.2) is 0 Å². The normalized spacial score (nSPS) is 22.7. The second-order valence-corrected chi connectivity index (χ2v) is 8.10. The van der Waals surface area contributed by atoms with Gasteiger partial charge in [-0.1, -0.05) is 0 Å². The molecule has 0 aromatic heterocycles. The first-order valence-electron chi connectivity index (χ1n) is 9.22. The zero-order valence-electron chi connectivity index (χ0n) is 16.0. The number of nitrogens with two attached hydrogens (primary N) is 1. The monoisotopic (exact) mass is 383 g/mol. The van der Waals surface area contributed by atoms with Gasteiger partial charge < -0.3 is 25.0 Å². The maximum absolute atomic E-state index is 14.5. The van der Waals surface area contributed by atoms with Crippen molar-refractivity contribution in [2.24, 2.45) is 5.73 Å². The van der Waals surface area contributed by atoms with Gasteiger partial charge in [-0.25, -0.2) is 13.6 Å². The largest absolute Gasteiger partial charge is 0.444 e. The summed E-state index contributed by atoms with van der Waals surface area (Å²) in [5, 5.41) is 0. The van der Waals surface area contributed by atoms with E-state index in [0.717, 1.165) is 0 Å². The third kappa shape index (κ3) is 4.68. The fourth-order valence-corrected chi connectivity index (χ4v) is 3.53. The predicted octanol–water partition coefficient (Wildman–Crippen LogP) is 2.29. The highest BCUT2D eigenvalue weighted by molar-refractivity contribution is 5.68. The van der Waals surface area contributed by atoms with Gasteiger partial charge in [-0.3, -0.25) is 0 Å². The van der Waals surface area contributed by atoms with Crippen molar-refractivity contribution in [1.82, 2.24) is 4.90 Å². The number of anilines is 1. The quantitative estimate of drug-likeness (QED) is 0.868. The Morgan fingerprint density at radius 1 is 1.19 bits per heavy atom. The third-order valence-electron chi connectivity index (χ3n) is 4.60. The fourth-order valence-electron chi connectivity index (χ4n) is 3.53. The number of benzene rings is 1. The first kappa shape index (κ1) is 19.8. The van der Waals surface area contributed by atoms with Gasteiger partial charge in [-0.2, -0.15) is 0 Å². The smallest absolute Gasteiger partial charge is 0.410 e. The average Bonchev–Trinajstić information content (AvgIpc) is 2.55. The molecule has 1 amide bonds. The van der Waals surface area contributed by atoms with E-state index in [1.54, 1.807) is 9.80 Å². The van der Waals surface area contributed by atoms with Crippen molar-refractivity contribution in [1.29, 1.82) is 0 Å². The van der Waals surface area contributed by atoms with Gasteiger partial charge in [-0.05, 0) is 45.4 Å². The SMILES string of the molecule is CC(C)(C)OC(=O)N1CC2CN(c3cc(F)c(CCN)cc3F)CC(C1)O2. The van der Waals surface area contributed by atoms with Crippen LogP contribution in [0.4, 0.5) is 19.3 Å². The van der Waals surface area contributed by atoms with Crippen molar-refractivity contribution in [3.05, 3.63) is 29.3 Å². The minimum absolute atomic E-state index is 0.220. The second-order valence-electron chi connectivity index (χ2n) is 8.10. The summed E-state index contributed by atoms with van der Waals surface area (Å²) in [6.07, 6.45) is -0.646. The number of fused-ring (bicyclic) bond motifs is 2. The minimum atomic E-state index is -0.567. The molecular weight excluding hydrogens is 356 g/mol. The molecule has 0 radical (unpaired) electrons. The molecule has 2 heterocycles. The molecule has 2 unspecified atom stereocenters. The molecule has 150 valence electrons. The Labute approximate surface area is 158 Å². The van der Waals surface area contributed by atoms with Crippen molar-refractivity contribution < 1.29 is 23.0 Å². The summed E-state index contributed by atoms with van der Waals surface area (Å²) in [5.41, 5.74) is 5.37. The van der Waals surface area contributed by atoms with Crippen molar-refractivity contribution in [2.75, 3.05) is 37.6 Å². The number of hydrogen-bond acceptors (Lipinski definition) is 5. The lowest BCUT2D eigenvalue weighted by atomic mass is 10.1. The molecule has 2 saturated heterocycles. The zero-order valence-corrected chi connectivity index (χ0v) is 16.0. The summed E-state index contributed by atoms with van der Waals surface area (Å²) in [6, 6.07) is 2.45. The Balaban J connectivity index is 1.70. The summed E-state index contributed by atoms with van der Waals surface area (Å²) in [4.78, 5) is 15.7. The van der Waals surface area contributed by atoms with Crippen molar-refractivity contribution >= 4 is 11.8 Å². The lowest BCUT2D eigenvalue weighted by Gasteiger charge is -2.46. The fraction of sp³-hybridized carbons (Fsp3) is 0.632. The van der Waals surface area contributed by atoms with Crippen LogP contribution < -0.4 is 10.6 Å². The zero-order chi connectivity index (χ0) is 19.8. The summed E-state index contributed by atoms with van der Waals surface area (Å²) < 4.78 is 40.1. The van der Waals surface area contributed by atoms with Gasteiger partial charge in [-0.15, -0.1) is 0 Å². The standard InChI is InChI=1S/C19H27F2N3O3/c1-19(2,3)27-18(25)24-10-13-8-23(9-14(11-24)26-13)17-7-15(20)12(4-5-22)6-16(17)21/h6-7,13-14H,4-5,8-11,22H2,1-3H3. The van der Waals surface area contributed by atoms with Crippen molar-refractivity contribution in [3.8, 4) is 0 Å². The van der Waals surface area contributed by atoms with Crippen LogP contribution in [-0.2, 0) is 15.9 Å². The third-order valence-corrected chi connectivity index (χ3v) is 4.60. The van der Waals surface area contributed by atoms with E-state index in [2.05, 4.69) is 0 Å². The van der Waals surface area contributed by atoms with E-state index in [4.69, 9.17) is 15.2 Å². The van der Waals surface area contributed by atoms with E-state index < -0.39 is 17.2 Å². The lowest BCUT2D eigenvalue weighted by Crippen LogP contribution is -2.61. The van der Waals surface area contributed by atoms with E-state index in [-0.39, 0.29) is 36.1 Å². The minimum Gasteiger partial charge on any atom is -0.444 e. The predicted molar refractivity (Wildman–Crippen MR) is 97.8 cm³/mol. The Morgan fingerprint density at radius 3 is 2.37 bits per heavy atom. The maximum atomic E-state index is 14.5. The van der Waals surface area contributed by atoms with Crippen LogP contribution in [0.1, 0.15) is 26.3 Å². The van der Waals surface area contributed by atoms with Gasteiger partial charge in [0, 0.05) is 19.2 Å². The van der Waals surface area contributed by atoms with Crippen molar-refractivity contribution in [2.45, 2.75) is 45.0 Å². The molecule has 0 aliphatic carbocycles. The van der Waals surface area contributed by atoms with Crippen LogP contribution in [0.5, 0.6) is 0 Å². The van der Waals surface area contributed by atoms with Crippen LogP contribution in [0.15, 0.2) is 12.1 Å². The number of ether oxygens (including phenoxy) is 2. The molecule has 8 heteroatoms. The van der Waals surface area contributed by atoms with Gasteiger partial charge in [0.1, 0.15) is 17.2 Å². The number of carbonyl (C=O) groups excluding carboxylic acids is 1. The van der Waals surface area contributed by atoms with Crippen LogP contribution in [0.25, 0.3) is 0 Å². The maximum Gasteiger partial charge on any atom is 0.410 e. The summed E-state index contributed by atoms with van der Waals surface area (Å²) >= 11 is 0. The van der Waals surface area contributed by atoms with E-state index in [9.17, 15) is 13.6 Å². The number of rotatable bonds is 3. The Kier molecular flexibility index (Phi) is 5.58. The molecule has 0 spiro atoms. The highest BCUT2D eigenvalue weighted by atomic mass is 19.1. The molecule has 2 fully saturated rings. The highest BCUT2D eigenvalue weighted by Crippen LogP contribution is 2.29. The van der Waals surface area contributed by atoms with Gasteiger partial charge >= 0.3 is 6.09 Å². The molecule has 3 rings (SSSR count). The van der Waals surface area contributed by atoms with Crippen molar-refractivity contribution in [3.63, 3.8) is 0 Å². The number of halogens is 2. The topological polar surface area (TPSA) is 68.0 Å². The lowest BCUT2D eigenvalue weighted by molar-refractivity contribution is -0.0950. The molecule has 2 bridgehead atoms. The number of amides is 1. The van der Waals surface area contributed by atoms with E-state index in [1.165, 1.54) is 12.1 Å². The van der Waals surface area contributed by atoms with E-state index in [1.807, 2.05) is 20.8 Å². The van der Waals surface area contributed by atoms with Crippen LogP contribution in [0.3, 0.4) is 0 Å². The summed E-state index contributed by atoms with van der Waals surface area (Å²) in [6.45, 7) is 7.19. The number of hydrogen-bond donors (Lipinski definition) is 1. The molecule has 2 atom stereocenters. The molecule has 2 aliphatic heterocycles. The first-order valence-corrected chi connectivity index (χ1v) is 9.22. The van der Waals surface area contributed by atoms with E-state index >= 15 is 0 Å². The van der Waals surface area contributed by atoms with Crippen LogP contribution >= 0.6 is 0 Å². The van der Waals surface area contributed by atoms with Crippen LogP contribution in [0.2, 0.25) is 0 Å². The molecule has 1 aromatic rings. The Hall–Kier alpha value is -1.93. The molecule has 2 aliphatic rings. The molecule has 0 saturated carbocycles. The van der Waals surface area contributed by atoms with Gasteiger partial charge in [0.25, 0.3) is 0 Å². The Morgan fingerprint density at radius 2 is 1.81 bits per heavy atom. The van der Waals surface area contributed by atoms with Crippen LogP contribution in [0, 0.1) is 11.6 Å². The number of carbonyl (C=O) groups is 1. The molecule has 2 N–H and O–H groups in total. The average molecular weight is 383 g/mol. The summed E-state index contributed by atoms with van der Waals surface area (Å²) in [5.74, 6) is -0.923. The molecular formula is C19H27F2N3O3. The van der Waals surface area contributed by atoms with Gasteiger partial charge in [0.05, 0.1) is 31.0 Å². The molecule has 6 nitrogen and oxygen atoms in total.